The maximum Gasteiger partial charge on any atom is 0.327 e. The summed E-state index contributed by atoms with van der Waals surface area (Å²) in [6.07, 6.45) is 13.7. The quantitative estimate of drug-likeness (QED) is 0.140. The minimum Gasteiger partial charge on any atom is -0.328 e. The Hall–Kier alpha value is -1.25. The molecule has 0 spiro atoms. The third kappa shape index (κ3) is 11.7. The third-order valence-electron chi connectivity index (χ3n) is 9.80. The summed E-state index contributed by atoms with van der Waals surface area (Å²) in [4.78, 5) is 20.4. The molecule has 46 heavy (non-hydrogen) atoms. The van der Waals surface area contributed by atoms with Gasteiger partial charge in [0, 0.05) is 5.41 Å². The molecule has 4 heteroatoms. The predicted octanol–water partition coefficient (Wildman–Crippen LogP) is 12.7. The normalized spacial score (nSPS) is 13.6. The van der Waals surface area contributed by atoms with Gasteiger partial charge in [0.25, 0.3) is 0 Å². The van der Waals surface area contributed by atoms with Crippen LogP contribution >= 0.6 is 8.60 Å². The van der Waals surface area contributed by atoms with E-state index in [9.17, 15) is 9.79 Å². The Morgan fingerprint density at radius 3 is 1.20 bits per heavy atom. The molecule has 0 aromatic heterocycles. The van der Waals surface area contributed by atoms with Crippen molar-refractivity contribution in [3.8, 4) is 0 Å². The first kappa shape index (κ1) is 40.9. The molecule has 0 bridgehead atoms. The zero-order chi connectivity index (χ0) is 35.0. The van der Waals surface area contributed by atoms with Crippen molar-refractivity contribution in [3.05, 3.63) is 69.8 Å². The lowest BCUT2D eigenvalue weighted by Gasteiger charge is -2.43. The first-order valence-corrected chi connectivity index (χ1v) is 19.4. The zero-order valence-corrected chi connectivity index (χ0v) is 33.1. The van der Waals surface area contributed by atoms with Crippen LogP contribution in [0.1, 0.15) is 194 Å². The molecule has 0 atom stereocenters. The number of benzene rings is 2. The molecule has 3 nitrogen and oxygen atoms in total. The molecule has 0 saturated carbocycles. The summed E-state index contributed by atoms with van der Waals surface area (Å²) >= 11 is 0. The lowest BCUT2D eigenvalue weighted by Crippen LogP contribution is -2.38. The van der Waals surface area contributed by atoms with Crippen molar-refractivity contribution in [2.24, 2.45) is 0 Å². The van der Waals surface area contributed by atoms with Gasteiger partial charge < -0.3 is 14.3 Å². The fourth-order valence-electron chi connectivity index (χ4n) is 6.82. The minimum atomic E-state index is -2.50. The van der Waals surface area contributed by atoms with Crippen molar-refractivity contribution in [1.29, 1.82) is 0 Å². The summed E-state index contributed by atoms with van der Waals surface area (Å²) < 4.78 is 5.96. The maximum atomic E-state index is 10.2. The maximum absolute atomic E-state index is 10.2. The van der Waals surface area contributed by atoms with E-state index in [0.29, 0.717) is 0 Å². The van der Waals surface area contributed by atoms with Crippen molar-refractivity contribution in [3.63, 3.8) is 0 Å². The molecule has 2 rings (SSSR count). The van der Waals surface area contributed by atoms with E-state index >= 15 is 0 Å². The average molecular weight is 655 g/mol. The Kier molecular flexibility index (Phi) is 15.0. The third-order valence-corrected chi connectivity index (χ3v) is 10.2. The topological polar surface area (TPSA) is 49.7 Å². The summed E-state index contributed by atoms with van der Waals surface area (Å²) in [6, 6.07) is 14.1. The predicted molar refractivity (Wildman–Crippen MR) is 202 cm³/mol. The lowest BCUT2D eigenvalue weighted by atomic mass is 9.62. The summed E-state index contributed by atoms with van der Waals surface area (Å²) in [5, 5.41) is 0. The van der Waals surface area contributed by atoms with Crippen LogP contribution in [0.15, 0.2) is 36.4 Å². The zero-order valence-electron chi connectivity index (χ0n) is 32.2. The van der Waals surface area contributed by atoms with Crippen LogP contribution in [0.3, 0.4) is 0 Å². The molecule has 0 aliphatic heterocycles. The van der Waals surface area contributed by atoms with Crippen molar-refractivity contribution in [2.75, 3.05) is 6.61 Å². The van der Waals surface area contributed by atoms with Gasteiger partial charge in [0.2, 0.25) is 0 Å². The Labute approximate surface area is 286 Å². The van der Waals surface area contributed by atoms with Crippen LogP contribution in [0.25, 0.3) is 0 Å². The standard InChI is InChI=1S/C42H71O3P/c1-14-15-16-17-18-19-20-21-22-23-28-42(31-45-46(43)44,34-26-24-32(38(2,3)4)29-36(34)40(8,9)10)35-27-25-33(39(5,6)7)30-37(35)41(11,12)13/h24-27,29-30,43-44H,14-23,28,31H2,1-13H3. The fraction of sp³-hybridized carbons (Fsp3) is 0.714. The molecule has 0 heterocycles. The first-order chi connectivity index (χ1) is 21.1. The number of hydrogen-bond donors (Lipinski definition) is 2. The van der Waals surface area contributed by atoms with Gasteiger partial charge in [-0.15, -0.1) is 0 Å². The molecule has 0 amide bonds. The van der Waals surface area contributed by atoms with Crippen LogP contribution in [-0.2, 0) is 31.6 Å². The van der Waals surface area contributed by atoms with E-state index in [1.165, 1.54) is 91.2 Å². The highest BCUT2D eigenvalue weighted by Gasteiger charge is 2.42. The molecule has 0 aliphatic carbocycles. The van der Waals surface area contributed by atoms with Gasteiger partial charge in [0.15, 0.2) is 0 Å². The second-order valence-electron chi connectivity index (χ2n) is 18.1. The van der Waals surface area contributed by atoms with Gasteiger partial charge in [-0.3, -0.25) is 0 Å². The van der Waals surface area contributed by atoms with Crippen molar-refractivity contribution < 1.29 is 14.3 Å². The number of hydrogen-bond acceptors (Lipinski definition) is 3. The summed E-state index contributed by atoms with van der Waals surface area (Å²) in [7, 11) is -2.50. The summed E-state index contributed by atoms with van der Waals surface area (Å²) in [5.41, 5.74) is 7.06. The molecule has 0 aliphatic rings. The van der Waals surface area contributed by atoms with Gasteiger partial charge in [-0.05, 0) is 61.5 Å². The smallest absolute Gasteiger partial charge is 0.327 e. The number of unbranched alkanes of at least 4 members (excludes halogenated alkanes) is 9. The molecular weight excluding hydrogens is 583 g/mol. The molecule has 2 N–H and O–H groups in total. The second kappa shape index (κ2) is 16.9. The Bertz CT molecular complexity index is 1130. The highest BCUT2D eigenvalue weighted by Crippen LogP contribution is 2.49. The highest BCUT2D eigenvalue weighted by molar-refractivity contribution is 7.39. The van der Waals surface area contributed by atoms with Gasteiger partial charge in [-0.25, -0.2) is 0 Å². The SMILES string of the molecule is CCCCCCCCCCCCC(COP(O)O)(c1ccc(C(C)(C)C)cc1C(C)(C)C)c1ccc(C(C)(C)C)cc1C(C)(C)C. The van der Waals surface area contributed by atoms with Crippen LogP contribution in [0.2, 0.25) is 0 Å². The summed E-state index contributed by atoms with van der Waals surface area (Å²) in [6.45, 7) is 30.0. The van der Waals surface area contributed by atoms with Gasteiger partial charge in [0.1, 0.15) is 0 Å². The van der Waals surface area contributed by atoms with Crippen LogP contribution in [0.4, 0.5) is 0 Å². The minimum absolute atomic E-state index is 0.0175. The van der Waals surface area contributed by atoms with E-state index in [1.807, 2.05) is 0 Å². The van der Waals surface area contributed by atoms with E-state index in [-0.39, 0.29) is 28.3 Å². The average Bonchev–Trinajstić information content (AvgIpc) is 2.93. The molecule has 2 aromatic carbocycles. The molecule has 0 unspecified atom stereocenters. The molecule has 262 valence electrons. The fourth-order valence-corrected chi connectivity index (χ4v) is 7.16. The molecule has 0 fully saturated rings. The largest absolute Gasteiger partial charge is 0.328 e. The Morgan fingerprint density at radius 1 is 0.500 bits per heavy atom. The molecule has 2 aromatic rings. The summed E-state index contributed by atoms with van der Waals surface area (Å²) in [5.74, 6) is 0. The first-order valence-electron chi connectivity index (χ1n) is 18.3. The molecule has 0 radical (unpaired) electrons. The van der Waals surface area contributed by atoms with Gasteiger partial charge in [0.05, 0.1) is 6.61 Å². The van der Waals surface area contributed by atoms with Crippen molar-refractivity contribution in [1.82, 2.24) is 0 Å². The van der Waals surface area contributed by atoms with Crippen LogP contribution in [-0.4, -0.2) is 16.4 Å². The van der Waals surface area contributed by atoms with E-state index in [0.717, 1.165) is 12.8 Å². The molecule has 0 saturated heterocycles. The molecular formula is C42H71O3P. The van der Waals surface area contributed by atoms with Crippen LogP contribution < -0.4 is 0 Å². The van der Waals surface area contributed by atoms with E-state index in [4.69, 9.17) is 4.52 Å². The Balaban J connectivity index is 2.77. The van der Waals surface area contributed by atoms with Gasteiger partial charge >= 0.3 is 8.60 Å². The van der Waals surface area contributed by atoms with E-state index in [2.05, 4.69) is 126 Å². The Morgan fingerprint density at radius 2 is 0.870 bits per heavy atom. The van der Waals surface area contributed by atoms with Crippen LogP contribution in [0.5, 0.6) is 0 Å². The van der Waals surface area contributed by atoms with Crippen molar-refractivity contribution in [2.45, 2.75) is 188 Å². The van der Waals surface area contributed by atoms with Gasteiger partial charge in [-0.2, -0.15) is 0 Å². The lowest BCUT2D eigenvalue weighted by molar-refractivity contribution is 0.194. The second-order valence-corrected chi connectivity index (χ2v) is 18.8. The monoisotopic (exact) mass is 655 g/mol. The van der Waals surface area contributed by atoms with E-state index < -0.39 is 14.0 Å². The highest BCUT2D eigenvalue weighted by atomic mass is 31.2. The number of rotatable bonds is 16. The van der Waals surface area contributed by atoms with Crippen LogP contribution in [0, 0.1) is 0 Å². The van der Waals surface area contributed by atoms with Crippen molar-refractivity contribution >= 4 is 8.60 Å². The van der Waals surface area contributed by atoms with E-state index in [1.54, 1.807) is 0 Å². The van der Waals surface area contributed by atoms with Gasteiger partial charge in [-0.1, -0.05) is 191 Å².